The first-order valence-electron chi connectivity index (χ1n) is 5.79. The van der Waals surface area contributed by atoms with Crippen molar-refractivity contribution in [1.29, 1.82) is 0 Å². The standard InChI is InChI=1S/C12H22O2/c1-10-4-6-12(7-5-10)13-8-11(2,3)9-14-12/h10H,4-9H2,1-3H3. The molecule has 1 heterocycles. The maximum absolute atomic E-state index is 5.95. The maximum Gasteiger partial charge on any atom is 0.168 e. The quantitative estimate of drug-likeness (QED) is 0.596. The minimum absolute atomic E-state index is 0.203. The fraction of sp³-hybridized carbons (Fsp3) is 1.00. The molecular formula is C12H22O2. The summed E-state index contributed by atoms with van der Waals surface area (Å²) in [5.74, 6) is 0.643. The SMILES string of the molecule is CC1CCC2(CC1)OCC(C)(C)CO2. The van der Waals surface area contributed by atoms with E-state index in [-0.39, 0.29) is 11.2 Å². The van der Waals surface area contributed by atoms with Crippen LogP contribution in [0, 0.1) is 11.3 Å². The summed E-state index contributed by atoms with van der Waals surface area (Å²) in [6, 6.07) is 0. The monoisotopic (exact) mass is 198 g/mol. The van der Waals surface area contributed by atoms with E-state index in [1.54, 1.807) is 0 Å². The lowest BCUT2D eigenvalue weighted by Crippen LogP contribution is -2.49. The topological polar surface area (TPSA) is 18.5 Å². The summed E-state index contributed by atoms with van der Waals surface area (Å²) in [5, 5.41) is 0. The molecule has 0 radical (unpaired) electrons. The highest BCUT2D eigenvalue weighted by molar-refractivity contribution is 4.84. The van der Waals surface area contributed by atoms with E-state index in [1.807, 2.05) is 0 Å². The molecule has 2 nitrogen and oxygen atoms in total. The van der Waals surface area contributed by atoms with Crippen LogP contribution in [-0.2, 0) is 9.47 Å². The maximum atomic E-state index is 5.95. The summed E-state index contributed by atoms with van der Waals surface area (Å²) in [6.45, 7) is 8.42. The lowest BCUT2D eigenvalue weighted by molar-refractivity contribution is -0.312. The first-order chi connectivity index (χ1) is 6.52. The van der Waals surface area contributed by atoms with Gasteiger partial charge >= 0.3 is 0 Å². The molecular weight excluding hydrogens is 176 g/mol. The molecule has 0 aromatic rings. The van der Waals surface area contributed by atoms with Crippen molar-refractivity contribution in [2.24, 2.45) is 11.3 Å². The minimum Gasteiger partial charge on any atom is -0.349 e. The molecule has 1 saturated carbocycles. The Hall–Kier alpha value is -0.0800. The van der Waals surface area contributed by atoms with E-state index in [0.717, 1.165) is 32.0 Å². The van der Waals surface area contributed by atoms with Gasteiger partial charge in [0, 0.05) is 18.3 Å². The van der Waals surface area contributed by atoms with Gasteiger partial charge in [-0.2, -0.15) is 0 Å². The van der Waals surface area contributed by atoms with Gasteiger partial charge in [-0.25, -0.2) is 0 Å². The number of ether oxygens (including phenoxy) is 2. The smallest absolute Gasteiger partial charge is 0.168 e. The molecule has 82 valence electrons. The number of hydrogen-bond donors (Lipinski definition) is 0. The Morgan fingerprint density at radius 3 is 2.00 bits per heavy atom. The third kappa shape index (κ3) is 2.12. The fourth-order valence-corrected chi connectivity index (χ4v) is 2.23. The van der Waals surface area contributed by atoms with E-state index in [1.165, 1.54) is 12.8 Å². The van der Waals surface area contributed by atoms with Crippen LogP contribution in [0.1, 0.15) is 46.5 Å². The summed E-state index contributed by atoms with van der Waals surface area (Å²) in [4.78, 5) is 0. The van der Waals surface area contributed by atoms with Crippen LogP contribution in [0.3, 0.4) is 0 Å². The highest BCUT2D eigenvalue weighted by Gasteiger charge is 2.42. The van der Waals surface area contributed by atoms with Gasteiger partial charge < -0.3 is 9.47 Å². The summed E-state index contributed by atoms with van der Waals surface area (Å²) in [5.41, 5.74) is 0.203. The first kappa shape index (κ1) is 10.4. The molecule has 1 aliphatic heterocycles. The molecule has 0 atom stereocenters. The summed E-state index contributed by atoms with van der Waals surface area (Å²) in [7, 11) is 0. The molecule has 0 bridgehead atoms. The van der Waals surface area contributed by atoms with E-state index < -0.39 is 0 Å². The van der Waals surface area contributed by atoms with Crippen LogP contribution in [0.15, 0.2) is 0 Å². The third-order valence-corrected chi connectivity index (χ3v) is 3.49. The average Bonchev–Trinajstić information content (AvgIpc) is 2.16. The summed E-state index contributed by atoms with van der Waals surface area (Å²) in [6.07, 6.45) is 4.68. The van der Waals surface area contributed by atoms with E-state index >= 15 is 0 Å². The van der Waals surface area contributed by atoms with E-state index in [0.29, 0.717) is 0 Å². The third-order valence-electron chi connectivity index (χ3n) is 3.49. The van der Waals surface area contributed by atoms with Crippen molar-refractivity contribution < 1.29 is 9.47 Å². The normalized spacial score (nSPS) is 31.9. The van der Waals surface area contributed by atoms with Crippen LogP contribution in [0.2, 0.25) is 0 Å². The van der Waals surface area contributed by atoms with Crippen molar-refractivity contribution in [2.45, 2.75) is 52.2 Å². The van der Waals surface area contributed by atoms with E-state index in [2.05, 4.69) is 20.8 Å². The molecule has 2 fully saturated rings. The van der Waals surface area contributed by atoms with Gasteiger partial charge in [0.05, 0.1) is 13.2 Å². The molecule has 0 aromatic carbocycles. The second kappa shape index (κ2) is 3.49. The van der Waals surface area contributed by atoms with Gasteiger partial charge in [-0.3, -0.25) is 0 Å². The van der Waals surface area contributed by atoms with Crippen LogP contribution >= 0.6 is 0 Å². The number of hydrogen-bond acceptors (Lipinski definition) is 2. The summed E-state index contributed by atoms with van der Waals surface area (Å²) < 4.78 is 11.9. The molecule has 1 spiro atoms. The van der Waals surface area contributed by atoms with Crippen LogP contribution in [0.25, 0.3) is 0 Å². The van der Waals surface area contributed by atoms with E-state index in [9.17, 15) is 0 Å². The largest absolute Gasteiger partial charge is 0.349 e. The molecule has 2 heteroatoms. The molecule has 1 saturated heterocycles. The minimum atomic E-state index is -0.206. The lowest BCUT2D eigenvalue weighted by atomic mass is 9.84. The second-order valence-electron chi connectivity index (χ2n) is 5.83. The second-order valence-corrected chi connectivity index (χ2v) is 5.83. The zero-order chi connectivity index (χ0) is 10.2. The van der Waals surface area contributed by atoms with Crippen molar-refractivity contribution in [3.63, 3.8) is 0 Å². The molecule has 0 aromatic heterocycles. The van der Waals surface area contributed by atoms with Gasteiger partial charge in [0.1, 0.15) is 0 Å². The Morgan fingerprint density at radius 1 is 1.00 bits per heavy atom. The molecule has 0 unspecified atom stereocenters. The molecule has 2 rings (SSSR count). The van der Waals surface area contributed by atoms with Crippen molar-refractivity contribution in [2.75, 3.05) is 13.2 Å². The van der Waals surface area contributed by atoms with Crippen LogP contribution in [-0.4, -0.2) is 19.0 Å². The Bertz CT molecular complexity index is 190. The zero-order valence-electron chi connectivity index (χ0n) is 9.64. The average molecular weight is 198 g/mol. The predicted octanol–water partition coefficient (Wildman–Crippen LogP) is 2.97. The Balaban J connectivity index is 1.93. The van der Waals surface area contributed by atoms with Gasteiger partial charge in [-0.1, -0.05) is 20.8 Å². The van der Waals surface area contributed by atoms with Crippen molar-refractivity contribution in [3.8, 4) is 0 Å². The van der Waals surface area contributed by atoms with Gasteiger partial charge in [-0.15, -0.1) is 0 Å². The van der Waals surface area contributed by atoms with Crippen LogP contribution in [0.4, 0.5) is 0 Å². The summed E-state index contributed by atoms with van der Waals surface area (Å²) >= 11 is 0. The van der Waals surface area contributed by atoms with Crippen LogP contribution in [0.5, 0.6) is 0 Å². The molecule has 1 aliphatic carbocycles. The van der Waals surface area contributed by atoms with Gasteiger partial charge in [0.15, 0.2) is 5.79 Å². The van der Waals surface area contributed by atoms with Crippen molar-refractivity contribution >= 4 is 0 Å². The fourth-order valence-electron chi connectivity index (χ4n) is 2.23. The molecule has 2 aliphatic rings. The molecule has 0 N–H and O–H groups in total. The Morgan fingerprint density at radius 2 is 1.50 bits per heavy atom. The van der Waals surface area contributed by atoms with Crippen molar-refractivity contribution in [3.05, 3.63) is 0 Å². The van der Waals surface area contributed by atoms with Gasteiger partial charge in [0.2, 0.25) is 0 Å². The van der Waals surface area contributed by atoms with Crippen LogP contribution < -0.4 is 0 Å². The predicted molar refractivity (Wildman–Crippen MR) is 56.0 cm³/mol. The highest BCUT2D eigenvalue weighted by atomic mass is 16.7. The van der Waals surface area contributed by atoms with Crippen molar-refractivity contribution in [1.82, 2.24) is 0 Å². The first-order valence-corrected chi connectivity index (χ1v) is 5.79. The Kier molecular flexibility index (Phi) is 2.61. The highest BCUT2D eigenvalue weighted by Crippen LogP contribution is 2.40. The van der Waals surface area contributed by atoms with Gasteiger partial charge in [0.25, 0.3) is 0 Å². The van der Waals surface area contributed by atoms with E-state index in [4.69, 9.17) is 9.47 Å². The van der Waals surface area contributed by atoms with Gasteiger partial charge in [-0.05, 0) is 18.8 Å². The Labute approximate surface area is 87.0 Å². The lowest BCUT2D eigenvalue weighted by Gasteiger charge is -2.46. The molecule has 0 amide bonds. The molecule has 14 heavy (non-hydrogen) atoms. The number of rotatable bonds is 0. The zero-order valence-corrected chi connectivity index (χ0v) is 9.64.